The summed E-state index contributed by atoms with van der Waals surface area (Å²) in [6, 6.07) is -0.427. The molecule has 20 N–H and O–H groups in total. The number of anilines is 4. The van der Waals surface area contributed by atoms with Gasteiger partial charge in [0, 0.05) is 96.8 Å². The largest absolute Gasteiger partial charge is 0.481 e. The van der Waals surface area contributed by atoms with E-state index in [1.807, 2.05) is 24.3 Å². The number of carboxylic acids is 10. The van der Waals surface area contributed by atoms with Crippen molar-refractivity contribution < 1.29 is 118 Å². The highest BCUT2D eigenvalue weighted by Crippen LogP contribution is 2.19. The van der Waals surface area contributed by atoms with Gasteiger partial charge in [-0.3, -0.25) is 53.1 Å². The van der Waals surface area contributed by atoms with Gasteiger partial charge in [-0.05, 0) is 114 Å². The Balaban J connectivity index is 1.97. The van der Waals surface area contributed by atoms with Crippen molar-refractivity contribution in [2.75, 3.05) is 114 Å². The molecule has 0 saturated heterocycles. The maximum Gasteiger partial charge on any atom is 0.326 e. The highest BCUT2D eigenvalue weighted by Gasteiger charge is 2.27. The maximum atomic E-state index is 12.5. The number of unbranched alkanes of at least 4 members (excludes halogenated alkanes) is 10. The van der Waals surface area contributed by atoms with E-state index in [9.17, 15) is 103 Å². The lowest BCUT2D eigenvalue weighted by Crippen LogP contribution is -2.51. The standard InChI is InChI=1S/C66H106N16O24/c83-50(68-29-13-9-17-46(58(97)98)73-65(105)75-48(60(101)102)25-27-52(85)86)19-7-3-1-5-11-31-70-62-77-63(71-32-12-6-2-4-8-20-51(84)69-30-14-10-18-47(59(99)100)74-66(106)76-49(61(103)104)26-28-53(87)88)79-64(78-62)72-45-23-21-44(22-24-45)16-15-34-80(41-55(91)92)36-38-82(43-57(95)96)39-37-81(42-56(93)94)35-33-67-40-54(89)90/h21-24,46-49,67H,1-20,25-43H2,(H,68,83)(H,69,84)(H,85,86)(H,87,88)(H,89,90)(H,91,92)(H,93,94)(H,95,96)(H,97,98)(H,99,100)(H,101,102)(H,103,104)(H2,73,75,105)(H2,74,76,106)(H3,70,71,72,77,78,79)/t46-,47-,48-,49-/m0/s1. The summed E-state index contributed by atoms with van der Waals surface area (Å²) in [5.41, 5.74) is 1.60. The average molecular weight is 1510 g/mol. The number of aliphatic carboxylic acids is 10. The van der Waals surface area contributed by atoms with E-state index in [0.29, 0.717) is 88.6 Å². The fraction of sp³-hybridized carbons (Fsp3) is 0.652. The fourth-order valence-electron chi connectivity index (χ4n) is 10.5. The number of benzene rings is 1. The van der Waals surface area contributed by atoms with Gasteiger partial charge in [-0.1, -0.05) is 50.7 Å². The first kappa shape index (κ1) is 91.7. The summed E-state index contributed by atoms with van der Waals surface area (Å²) in [6.45, 7) is 1.66. The zero-order chi connectivity index (χ0) is 78.6. The Hall–Kier alpha value is -10.3. The van der Waals surface area contributed by atoms with Crippen molar-refractivity contribution in [1.29, 1.82) is 0 Å². The van der Waals surface area contributed by atoms with Crippen molar-refractivity contribution in [2.24, 2.45) is 0 Å². The number of amides is 6. The molecule has 0 bridgehead atoms. The van der Waals surface area contributed by atoms with Crippen LogP contribution in [0.25, 0.3) is 0 Å². The highest BCUT2D eigenvalue weighted by molar-refractivity contribution is 5.87. The van der Waals surface area contributed by atoms with Crippen LogP contribution in [0.1, 0.15) is 153 Å². The Bertz CT molecular complexity index is 2970. The number of aromatic nitrogens is 3. The second-order valence-corrected chi connectivity index (χ2v) is 25.1. The third-order valence-corrected chi connectivity index (χ3v) is 16.1. The van der Waals surface area contributed by atoms with E-state index in [-0.39, 0.29) is 122 Å². The summed E-state index contributed by atoms with van der Waals surface area (Å²) in [7, 11) is 0. The lowest BCUT2D eigenvalue weighted by Gasteiger charge is -2.28. The molecule has 0 fully saturated rings. The molecular weight excluding hydrogens is 1400 g/mol. The van der Waals surface area contributed by atoms with Gasteiger partial charge >= 0.3 is 71.8 Å². The van der Waals surface area contributed by atoms with Crippen molar-refractivity contribution in [3.05, 3.63) is 29.8 Å². The van der Waals surface area contributed by atoms with Gasteiger partial charge in [0.15, 0.2) is 0 Å². The molecule has 40 nitrogen and oxygen atoms in total. The van der Waals surface area contributed by atoms with Crippen molar-refractivity contribution >= 4 is 107 Å². The lowest BCUT2D eigenvalue weighted by molar-refractivity contribution is -0.142. The smallest absolute Gasteiger partial charge is 0.326 e. The van der Waals surface area contributed by atoms with Gasteiger partial charge < -0.3 is 104 Å². The van der Waals surface area contributed by atoms with Gasteiger partial charge in [0.2, 0.25) is 29.7 Å². The molecule has 0 unspecified atom stereocenters. The van der Waals surface area contributed by atoms with Crippen LogP contribution in [0.3, 0.4) is 0 Å². The highest BCUT2D eigenvalue weighted by atomic mass is 16.4. The molecule has 0 saturated carbocycles. The van der Waals surface area contributed by atoms with Crippen LogP contribution in [0.15, 0.2) is 24.3 Å². The molecule has 0 spiro atoms. The van der Waals surface area contributed by atoms with E-state index in [1.54, 1.807) is 14.7 Å². The molecule has 6 amide bonds. The number of carbonyl (C=O) groups excluding carboxylic acids is 4. The zero-order valence-electron chi connectivity index (χ0n) is 59.6. The summed E-state index contributed by atoms with van der Waals surface area (Å²) in [6.07, 6.45) is 8.82. The second-order valence-electron chi connectivity index (χ2n) is 25.1. The molecule has 0 aliphatic rings. The number of nitrogens with one attached hydrogen (secondary N) is 10. The summed E-state index contributed by atoms with van der Waals surface area (Å²) in [5.74, 6) is -12.1. The quantitative estimate of drug-likeness (QED) is 0.0418. The van der Waals surface area contributed by atoms with Gasteiger partial charge in [0.05, 0.1) is 26.2 Å². The Kier molecular flexibility index (Phi) is 47.0. The van der Waals surface area contributed by atoms with Crippen LogP contribution in [0.4, 0.5) is 33.1 Å². The Morgan fingerprint density at radius 1 is 0.340 bits per heavy atom. The number of hydrogen-bond acceptors (Lipinski definition) is 24. The second kappa shape index (κ2) is 54.3. The summed E-state index contributed by atoms with van der Waals surface area (Å²) < 4.78 is 0. The van der Waals surface area contributed by atoms with E-state index in [2.05, 4.69) is 68.1 Å². The third kappa shape index (κ3) is 47.1. The topological polar surface area (TPSA) is 610 Å². The minimum atomic E-state index is -1.53. The van der Waals surface area contributed by atoms with Gasteiger partial charge in [-0.25, -0.2) is 28.8 Å². The van der Waals surface area contributed by atoms with E-state index in [4.69, 9.17) is 15.3 Å². The monoisotopic (exact) mass is 1510 g/mol. The van der Waals surface area contributed by atoms with E-state index >= 15 is 0 Å². The van der Waals surface area contributed by atoms with Crippen LogP contribution in [0, 0.1) is 0 Å². The number of rotatable bonds is 65. The van der Waals surface area contributed by atoms with Crippen molar-refractivity contribution in [3.8, 4) is 0 Å². The van der Waals surface area contributed by atoms with Gasteiger partial charge in [0.1, 0.15) is 24.2 Å². The van der Waals surface area contributed by atoms with Crippen LogP contribution in [-0.2, 0) is 64.0 Å². The van der Waals surface area contributed by atoms with E-state index in [1.165, 1.54) is 0 Å². The minimum Gasteiger partial charge on any atom is -0.481 e. The predicted octanol–water partition coefficient (Wildman–Crippen LogP) is 1.60. The molecule has 594 valence electrons. The number of urea groups is 2. The van der Waals surface area contributed by atoms with Crippen LogP contribution in [0.2, 0.25) is 0 Å². The van der Waals surface area contributed by atoms with E-state index < -0.39 is 122 Å². The molecule has 0 aliphatic carbocycles. The Morgan fingerprint density at radius 2 is 0.698 bits per heavy atom. The van der Waals surface area contributed by atoms with Crippen molar-refractivity contribution in [2.45, 2.75) is 178 Å². The van der Waals surface area contributed by atoms with Crippen LogP contribution < -0.4 is 53.2 Å². The van der Waals surface area contributed by atoms with Crippen LogP contribution >= 0.6 is 0 Å². The molecule has 106 heavy (non-hydrogen) atoms. The molecular formula is C66H106N16O24. The number of carboxylic acid groups (broad SMARTS) is 10. The molecule has 0 aliphatic heterocycles. The maximum absolute atomic E-state index is 12.5. The number of hydrogen-bond donors (Lipinski definition) is 20. The third-order valence-electron chi connectivity index (χ3n) is 16.1. The number of aryl methyl sites for hydroxylation is 1. The summed E-state index contributed by atoms with van der Waals surface area (Å²) in [4.78, 5) is 182. The molecule has 4 atom stereocenters. The number of carbonyl (C=O) groups is 14. The van der Waals surface area contributed by atoms with Crippen molar-refractivity contribution in [1.82, 2.24) is 66.9 Å². The van der Waals surface area contributed by atoms with E-state index in [0.717, 1.165) is 56.9 Å². The minimum absolute atomic E-state index is 0.00991. The zero-order valence-corrected chi connectivity index (χ0v) is 59.6. The number of nitrogens with zero attached hydrogens (tertiary/aromatic N) is 6. The molecule has 2 aromatic rings. The molecule has 2 rings (SSSR count). The molecule has 1 heterocycles. The Morgan fingerprint density at radius 3 is 1.08 bits per heavy atom. The van der Waals surface area contributed by atoms with Crippen LogP contribution in [-0.4, -0.2) is 287 Å². The predicted molar refractivity (Wildman–Crippen MR) is 379 cm³/mol. The molecule has 40 heteroatoms. The van der Waals surface area contributed by atoms with Gasteiger partial charge in [-0.2, -0.15) is 15.0 Å². The fourth-order valence-corrected chi connectivity index (χ4v) is 10.5. The molecule has 1 aromatic carbocycles. The molecule has 1 aromatic heterocycles. The Labute approximate surface area is 612 Å². The lowest BCUT2D eigenvalue weighted by atomic mass is 10.1. The van der Waals surface area contributed by atoms with Crippen LogP contribution in [0.5, 0.6) is 0 Å². The SMILES string of the molecule is O=C(O)CC[C@H](NC(=O)N[C@@H](CCCCNC(=O)CCCCCCCNc1nc(NCCCCCCCC(=O)NCCCC[C@H](NC(=O)N[C@@H](CCC(=O)O)C(=O)O)C(=O)O)nc(Nc2ccc(CCCN(CCN(CCN(CCNCC(=O)O)CC(=O)O)CC(=O)O)CC(=O)O)cc2)n1)C(=O)O)C(=O)O. The van der Waals surface area contributed by atoms with Gasteiger partial charge in [0.25, 0.3) is 0 Å². The average Bonchev–Trinajstić information content (AvgIpc) is 0.867. The van der Waals surface area contributed by atoms with Gasteiger partial charge in [-0.15, -0.1) is 0 Å². The first-order valence-electron chi connectivity index (χ1n) is 35.3. The normalized spacial score (nSPS) is 12.2. The summed E-state index contributed by atoms with van der Waals surface area (Å²) >= 11 is 0. The first-order valence-corrected chi connectivity index (χ1v) is 35.3. The first-order chi connectivity index (χ1) is 50.5. The summed E-state index contributed by atoms with van der Waals surface area (Å²) in [5, 5.41) is 120. The van der Waals surface area contributed by atoms with Crippen molar-refractivity contribution in [3.63, 3.8) is 0 Å². The molecule has 0 radical (unpaired) electrons.